The lowest BCUT2D eigenvalue weighted by Crippen LogP contribution is -2.14. The Balaban J connectivity index is 1.44. The van der Waals surface area contributed by atoms with Crippen LogP contribution in [0, 0.1) is 0 Å². The molecule has 1 amide bonds. The number of fused-ring (bicyclic) bond motifs is 1. The van der Waals surface area contributed by atoms with Gasteiger partial charge in [0.25, 0.3) is 0 Å². The van der Waals surface area contributed by atoms with Crippen molar-refractivity contribution in [2.24, 2.45) is 0 Å². The second-order valence-corrected chi connectivity index (χ2v) is 7.77. The van der Waals surface area contributed by atoms with Gasteiger partial charge in [-0.05, 0) is 48.5 Å². The smallest absolute Gasteiger partial charge is 0.325 e. The van der Waals surface area contributed by atoms with Crippen LogP contribution in [0.25, 0.3) is 16.9 Å². The average molecular weight is 464 g/mol. The highest BCUT2D eigenvalue weighted by Crippen LogP contribution is 2.30. The topological polar surface area (TPSA) is 72.2 Å². The monoisotopic (exact) mass is 463 g/mol. The number of nitrogens with one attached hydrogen (secondary N) is 1. The summed E-state index contributed by atoms with van der Waals surface area (Å²) < 4.78 is 39.4. The summed E-state index contributed by atoms with van der Waals surface area (Å²) in [5.74, 6) is -0.412. The molecule has 31 heavy (non-hydrogen) atoms. The largest absolute Gasteiger partial charge is 0.416 e. The van der Waals surface area contributed by atoms with E-state index in [9.17, 15) is 18.0 Å². The van der Waals surface area contributed by atoms with Crippen LogP contribution in [0.2, 0.25) is 5.02 Å². The molecule has 4 rings (SSSR count). The van der Waals surface area contributed by atoms with Crippen molar-refractivity contribution in [3.8, 4) is 11.3 Å². The molecule has 0 saturated carbocycles. The molecule has 0 spiro atoms. The van der Waals surface area contributed by atoms with Gasteiger partial charge in [0, 0.05) is 16.3 Å². The van der Waals surface area contributed by atoms with Crippen molar-refractivity contribution in [1.29, 1.82) is 0 Å². The number of carbonyl (C=O) groups is 1. The summed E-state index contributed by atoms with van der Waals surface area (Å²) in [5, 5.41) is 16.2. The van der Waals surface area contributed by atoms with Gasteiger partial charge < -0.3 is 5.32 Å². The lowest BCUT2D eigenvalue weighted by atomic mass is 10.1. The van der Waals surface area contributed by atoms with Crippen LogP contribution in [0.1, 0.15) is 5.56 Å². The van der Waals surface area contributed by atoms with Crippen molar-refractivity contribution in [2.45, 2.75) is 11.3 Å². The molecule has 2 heterocycles. The summed E-state index contributed by atoms with van der Waals surface area (Å²) in [7, 11) is 0. The first-order valence-corrected chi connectivity index (χ1v) is 10.2. The fraction of sp³-hybridized carbons (Fsp3) is 0.100. The Kier molecular flexibility index (Phi) is 5.84. The van der Waals surface area contributed by atoms with E-state index in [0.29, 0.717) is 21.5 Å². The maximum Gasteiger partial charge on any atom is 0.416 e. The number of amides is 1. The predicted octanol–water partition coefficient (Wildman–Crippen LogP) is 5.19. The molecule has 0 unspecified atom stereocenters. The van der Waals surface area contributed by atoms with Gasteiger partial charge in [0.2, 0.25) is 11.1 Å². The molecule has 0 saturated heterocycles. The highest BCUT2D eigenvalue weighted by molar-refractivity contribution is 7.99. The van der Waals surface area contributed by atoms with Crippen molar-refractivity contribution in [2.75, 3.05) is 11.1 Å². The van der Waals surface area contributed by atoms with Crippen LogP contribution in [0.5, 0.6) is 0 Å². The number of thioether (sulfide) groups is 1. The summed E-state index contributed by atoms with van der Waals surface area (Å²) >= 11 is 7.03. The van der Waals surface area contributed by atoms with Crippen molar-refractivity contribution in [3.63, 3.8) is 0 Å². The van der Waals surface area contributed by atoms with Gasteiger partial charge >= 0.3 is 6.18 Å². The van der Waals surface area contributed by atoms with Gasteiger partial charge in [0.1, 0.15) is 0 Å². The van der Waals surface area contributed by atoms with Crippen molar-refractivity contribution in [3.05, 3.63) is 71.2 Å². The molecule has 6 nitrogen and oxygen atoms in total. The Morgan fingerprint density at radius 1 is 1.00 bits per heavy atom. The van der Waals surface area contributed by atoms with Gasteiger partial charge in [0.05, 0.1) is 17.0 Å². The summed E-state index contributed by atoms with van der Waals surface area (Å²) in [6, 6.07) is 15.0. The van der Waals surface area contributed by atoms with Crippen molar-refractivity contribution < 1.29 is 18.0 Å². The van der Waals surface area contributed by atoms with E-state index < -0.39 is 17.6 Å². The van der Waals surface area contributed by atoms with Gasteiger partial charge in [-0.25, -0.2) is 0 Å². The van der Waals surface area contributed by atoms with Gasteiger partial charge in [-0.1, -0.05) is 35.5 Å². The zero-order valence-corrected chi connectivity index (χ0v) is 17.2. The predicted molar refractivity (Wildman–Crippen MR) is 112 cm³/mol. The SMILES string of the molecule is O=C(CSc1nnc2ccc(-c3ccc(Cl)cc3)nn12)Nc1ccc(C(F)(F)F)cc1. The molecule has 0 aliphatic rings. The number of benzene rings is 2. The third-order valence-electron chi connectivity index (χ3n) is 4.20. The Morgan fingerprint density at radius 2 is 1.71 bits per heavy atom. The van der Waals surface area contributed by atoms with Crippen LogP contribution < -0.4 is 5.32 Å². The van der Waals surface area contributed by atoms with Crippen LogP contribution in [0.4, 0.5) is 18.9 Å². The normalized spacial score (nSPS) is 11.6. The number of nitrogens with zero attached hydrogens (tertiary/aromatic N) is 4. The average Bonchev–Trinajstić information content (AvgIpc) is 3.15. The quantitative estimate of drug-likeness (QED) is 0.412. The number of rotatable bonds is 5. The summed E-state index contributed by atoms with van der Waals surface area (Å²) in [6.45, 7) is 0. The van der Waals surface area contributed by atoms with E-state index >= 15 is 0 Å². The first kappa shape index (κ1) is 21.1. The maximum atomic E-state index is 12.6. The molecule has 2 aromatic carbocycles. The minimum absolute atomic E-state index is 0.0192. The third kappa shape index (κ3) is 4.97. The Morgan fingerprint density at radius 3 is 2.39 bits per heavy atom. The van der Waals surface area contributed by atoms with E-state index in [0.717, 1.165) is 29.5 Å². The third-order valence-corrected chi connectivity index (χ3v) is 5.37. The number of hydrogen-bond acceptors (Lipinski definition) is 5. The van der Waals surface area contributed by atoms with E-state index in [2.05, 4.69) is 20.6 Å². The lowest BCUT2D eigenvalue weighted by molar-refractivity contribution is -0.137. The van der Waals surface area contributed by atoms with E-state index in [1.54, 1.807) is 24.3 Å². The number of anilines is 1. The molecule has 1 N–H and O–H groups in total. The molecule has 4 aromatic rings. The fourth-order valence-corrected chi connectivity index (χ4v) is 3.52. The van der Waals surface area contributed by atoms with Gasteiger partial charge in [-0.3, -0.25) is 4.79 Å². The van der Waals surface area contributed by atoms with Crippen LogP contribution >= 0.6 is 23.4 Å². The molecule has 11 heteroatoms. The van der Waals surface area contributed by atoms with Crippen LogP contribution in [-0.4, -0.2) is 31.5 Å². The van der Waals surface area contributed by atoms with Crippen LogP contribution in [-0.2, 0) is 11.0 Å². The molecule has 0 bridgehead atoms. The van der Waals surface area contributed by atoms with Gasteiger partial charge in [0.15, 0.2) is 5.65 Å². The van der Waals surface area contributed by atoms with Crippen molar-refractivity contribution >= 4 is 40.6 Å². The summed E-state index contributed by atoms with van der Waals surface area (Å²) in [5.41, 5.74) is 1.55. The fourth-order valence-electron chi connectivity index (χ4n) is 2.70. The summed E-state index contributed by atoms with van der Waals surface area (Å²) in [4.78, 5) is 12.2. The van der Waals surface area contributed by atoms with E-state index in [1.807, 2.05) is 12.1 Å². The highest BCUT2D eigenvalue weighted by Gasteiger charge is 2.30. The number of aromatic nitrogens is 4. The number of halogens is 4. The summed E-state index contributed by atoms with van der Waals surface area (Å²) in [6.07, 6.45) is -4.43. The molecule has 0 aliphatic carbocycles. The number of carbonyl (C=O) groups excluding carboxylic acids is 1. The van der Waals surface area contributed by atoms with Crippen molar-refractivity contribution in [1.82, 2.24) is 19.8 Å². The molecule has 0 atom stereocenters. The molecular weight excluding hydrogens is 451 g/mol. The molecule has 0 aliphatic heterocycles. The van der Waals surface area contributed by atoms with E-state index in [-0.39, 0.29) is 11.4 Å². The molecular formula is C20H13ClF3N5OS. The molecule has 0 radical (unpaired) electrons. The van der Waals surface area contributed by atoms with Gasteiger partial charge in [-0.15, -0.1) is 10.2 Å². The van der Waals surface area contributed by atoms with E-state index in [1.165, 1.54) is 16.6 Å². The molecule has 0 fully saturated rings. The van der Waals surface area contributed by atoms with Crippen LogP contribution in [0.3, 0.4) is 0 Å². The lowest BCUT2D eigenvalue weighted by Gasteiger charge is -2.08. The second kappa shape index (κ2) is 8.56. The number of hydrogen-bond donors (Lipinski definition) is 1. The Hall–Kier alpha value is -3.11. The first-order valence-electron chi connectivity index (χ1n) is 8.88. The highest BCUT2D eigenvalue weighted by atomic mass is 35.5. The molecule has 2 aromatic heterocycles. The Labute approximate surface area is 183 Å². The molecule has 158 valence electrons. The maximum absolute atomic E-state index is 12.6. The standard InChI is InChI=1S/C20H13ClF3N5OS/c21-14-5-1-12(2-6-14)16-9-10-17-26-27-19(29(17)28-16)31-11-18(30)25-15-7-3-13(4-8-15)20(22,23)24/h1-10H,11H2,(H,25,30). The number of alkyl halides is 3. The Bertz CT molecular complexity index is 1230. The minimum Gasteiger partial charge on any atom is -0.325 e. The minimum atomic E-state index is -4.43. The van der Waals surface area contributed by atoms with Gasteiger partial charge in [-0.2, -0.15) is 22.8 Å². The zero-order valence-electron chi connectivity index (χ0n) is 15.6. The zero-order chi connectivity index (χ0) is 22.0. The van der Waals surface area contributed by atoms with E-state index in [4.69, 9.17) is 11.6 Å². The first-order chi connectivity index (χ1) is 14.8. The second-order valence-electron chi connectivity index (χ2n) is 6.39. The van der Waals surface area contributed by atoms with Crippen LogP contribution in [0.15, 0.2) is 65.8 Å².